The lowest BCUT2D eigenvalue weighted by molar-refractivity contribution is -0.0130. The quantitative estimate of drug-likeness (QED) is 0.730. The highest BCUT2D eigenvalue weighted by molar-refractivity contribution is 4.84. The molecule has 1 aliphatic heterocycles. The number of hydrogen-bond acceptors (Lipinski definition) is 3. The molecule has 0 bridgehead atoms. The van der Waals surface area contributed by atoms with Crippen LogP contribution in [0.3, 0.4) is 0 Å². The zero-order valence-corrected chi connectivity index (χ0v) is 9.11. The maximum Gasteiger partial charge on any atom is 0.0577 e. The summed E-state index contributed by atoms with van der Waals surface area (Å²) in [5, 5.41) is 0. The molecule has 14 heavy (non-hydrogen) atoms. The molecule has 0 atom stereocenters. The van der Waals surface area contributed by atoms with E-state index in [1.165, 1.54) is 45.3 Å². The summed E-state index contributed by atoms with van der Waals surface area (Å²) in [5.41, 5.74) is 5.87. The summed E-state index contributed by atoms with van der Waals surface area (Å²) in [7, 11) is 1.82. The molecule has 0 spiro atoms. The van der Waals surface area contributed by atoms with Crippen molar-refractivity contribution in [1.82, 2.24) is 4.90 Å². The summed E-state index contributed by atoms with van der Waals surface area (Å²) in [4.78, 5) is 2.57. The van der Waals surface area contributed by atoms with Gasteiger partial charge in [-0.2, -0.15) is 0 Å². The average molecular weight is 198 g/mol. The molecule has 1 heterocycles. The molecular formula is C11H22N2O. The zero-order valence-electron chi connectivity index (χ0n) is 9.11. The molecule has 3 heteroatoms. The van der Waals surface area contributed by atoms with E-state index in [4.69, 9.17) is 10.5 Å². The van der Waals surface area contributed by atoms with Gasteiger partial charge in [0.25, 0.3) is 0 Å². The molecule has 0 unspecified atom stereocenters. The SMILES string of the molecule is COC1CC(CN2CCC(N)CC2)C1. The maximum absolute atomic E-state index is 5.87. The molecule has 2 fully saturated rings. The number of likely N-dealkylation sites (tertiary alicyclic amines) is 1. The first kappa shape index (κ1) is 10.4. The lowest BCUT2D eigenvalue weighted by atomic mass is 9.81. The van der Waals surface area contributed by atoms with Gasteiger partial charge in [0.1, 0.15) is 0 Å². The van der Waals surface area contributed by atoms with Crippen LogP contribution in [-0.2, 0) is 4.74 Å². The van der Waals surface area contributed by atoms with Crippen LogP contribution in [0.5, 0.6) is 0 Å². The van der Waals surface area contributed by atoms with Gasteiger partial charge in [-0.1, -0.05) is 0 Å². The lowest BCUT2D eigenvalue weighted by Crippen LogP contribution is -2.45. The largest absolute Gasteiger partial charge is 0.381 e. The summed E-state index contributed by atoms with van der Waals surface area (Å²) < 4.78 is 5.28. The first-order valence-corrected chi connectivity index (χ1v) is 5.78. The lowest BCUT2D eigenvalue weighted by Gasteiger charge is -2.39. The summed E-state index contributed by atoms with van der Waals surface area (Å²) in [6.07, 6.45) is 5.44. The predicted molar refractivity (Wildman–Crippen MR) is 57.2 cm³/mol. The van der Waals surface area contributed by atoms with Gasteiger partial charge in [0.05, 0.1) is 6.10 Å². The van der Waals surface area contributed by atoms with E-state index in [0.29, 0.717) is 12.1 Å². The topological polar surface area (TPSA) is 38.5 Å². The van der Waals surface area contributed by atoms with E-state index in [-0.39, 0.29) is 0 Å². The van der Waals surface area contributed by atoms with E-state index in [1.54, 1.807) is 0 Å². The van der Waals surface area contributed by atoms with Gasteiger partial charge in [-0.3, -0.25) is 0 Å². The molecule has 2 N–H and O–H groups in total. The van der Waals surface area contributed by atoms with Gasteiger partial charge in [0.15, 0.2) is 0 Å². The Bertz CT molecular complexity index is 172. The molecule has 0 radical (unpaired) electrons. The number of ether oxygens (including phenoxy) is 1. The van der Waals surface area contributed by atoms with Gasteiger partial charge >= 0.3 is 0 Å². The normalized spacial score (nSPS) is 35.6. The summed E-state index contributed by atoms with van der Waals surface area (Å²) in [6, 6.07) is 0.458. The second-order valence-corrected chi connectivity index (χ2v) is 4.83. The summed E-state index contributed by atoms with van der Waals surface area (Å²) in [6.45, 7) is 3.68. The molecule has 0 aromatic carbocycles. The second-order valence-electron chi connectivity index (χ2n) is 4.83. The second kappa shape index (κ2) is 4.60. The van der Waals surface area contributed by atoms with Crippen LogP contribution >= 0.6 is 0 Å². The molecule has 3 nitrogen and oxygen atoms in total. The molecule has 0 aromatic heterocycles. The Morgan fingerprint density at radius 1 is 1.29 bits per heavy atom. The Balaban J connectivity index is 1.62. The van der Waals surface area contributed by atoms with Gasteiger partial charge in [-0.05, 0) is 44.7 Å². The molecular weight excluding hydrogens is 176 g/mol. The van der Waals surface area contributed by atoms with Crippen LogP contribution < -0.4 is 5.73 Å². The number of nitrogens with two attached hydrogens (primary N) is 1. The molecule has 1 saturated carbocycles. The summed E-state index contributed by atoms with van der Waals surface area (Å²) in [5.74, 6) is 0.884. The molecule has 0 amide bonds. The van der Waals surface area contributed by atoms with Crippen molar-refractivity contribution in [3.63, 3.8) is 0 Å². The molecule has 1 saturated heterocycles. The Labute approximate surface area is 86.6 Å². The standard InChI is InChI=1S/C11H22N2O/c1-14-11-6-9(7-11)8-13-4-2-10(12)3-5-13/h9-11H,2-8,12H2,1H3. The van der Waals surface area contributed by atoms with Gasteiger partial charge in [-0.15, -0.1) is 0 Å². The van der Waals surface area contributed by atoms with Crippen molar-refractivity contribution in [3.05, 3.63) is 0 Å². The fraction of sp³-hybridized carbons (Fsp3) is 1.00. The number of methoxy groups -OCH3 is 1. The van der Waals surface area contributed by atoms with Gasteiger partial charge < -0.3 is 15.4 Å². The van der Waals surface area contributed by atoms with Crippen LogP contribution in [0, 0.1) is 5.92 Å². The van der Waals surface area contributed by atoms with Crippen LogP contribution in [0.2, 0.25) is 0 Å². The minimum absolute atomic E-state index is 0.458. The van der Waals surface area contributed by atoms with E-state index in [9.17, 15) is 0 Å². The number of rotatable bonds is 3. The number of hydrogen-bond donors (Lipinski definition) is 1. The molecule has 2 rings (SSSR count). The van der Waals surface area contributed by atoms with Crippen LogP contribution in [0.4, 0.5) is 0 Å². The monoisotopic (exact) mass is 198 g/mol. The van der Waals surface area contributed by atoms with E-state index >= 15 is 0 Å². The van der Waals surface area contributed by atoms with E-state index in [0.717, 1.165) is 5.92 Å². The van der Waals surface area contributed by atoms with Crippen molar-refractivity contribution in [3.8, 4) is 0 Å². The molecule has 82 valence electrons. The van der Waals surface area contributed by atoms with Crippen molar-refractivity contribution < 1.29 is 4.74 Å². The number of piperidine rings is 1. The van der Waals surface area contributed by atoms with Gasteiger partial charge in [-0.25, -0.2) is 0 Å². The highest BCUT2D eigenvalue weighted by Gasteiger charge is 2.30. The third kappa shape index (κ3) is 2.47. The first-order chi connectivity index (χ1) is 6.78. The fourth-order valence-electron chi connectivity index (χ4n) is 2.52. The highest BCUT2D eigenvalue weighted by atomic mass is 16.5. The molecule has 2 aliphatic rings. The number of nitrogens with zero attached hydrogens (tertiary/aromatic N) is 1. The fourth-order valence-corrected chi connectivity index (χ4v) is 2.52. The smallest absolute Gasteiger partial charge is 0.0577 e. The summed E-state index contributed by atoms with van der Waals surface area (Å²) >= 11 is 0. The first-order valence-electron chi connectivity index (χ1n) is 5.78. The third-order valence-corrected chi connectivity index (χ3v) is 3.67. The van der Waals surface area contributed by atoms with Crippen molar-refractivity contribution in [1.29, 1.82) is 0 Å². The van der Waals surface area contributed by atoms with E-state index in [2.05, 4.69) is 4.90 Å². The third-order valence-electron chi connectivity index (χ3n) is 3.67. The van der Waals surface area contributed by atoms with Gasteiger partial charge in [0, 0.05) is 19.7 Å². The average Bonchev–Trinajstić information content (AvgIpc) is 2.13. The Kier molecular flexibility index (Phi) is 3.42. The molecule has 1 aliphatic carbocycles. The Hall–Kier alpha value is -0.120. The van der Waals surface area contributed by atoms with Crippen LogP contribution in [-0.4, -0.2) is 43.8 Å². The van der Waals surface area contributed by atoms with Crippen molar-refractivity contribution >= 4 is 0 Å². The van der Waals surface area contributed by atoms with Crippen LogP contribution in [0.15, 0.2) is 0 Å². The van der Waals surface area contributed by atoms with Crippen molar-refractivity contribution in [2.24, 2.45) is 11.7 Å². The minimum Gasteiger partial charge on any atom is -0.381 e. The maximum atomic E-state index is 5.87. The van der Waals surface area contributed by atoms with Crippen LogP contribution in [0.1, 0.15) is 25.7 Å². The highest BCUT2D eigenvalue weighted by Crippen LogP contribution is 2.30. The molecule has 0 aromatic rings. The van der Waals surface area contributed by atoms with E-state index in [1.807, 2.05) is 7.11 Å². The van der Waals surface area contributed by atoms with Gasteiger partial charge in [0.2, 0.25) is 0 Å². The Morgan fingerprint density at radius 2 is 1.93 bits per heavy atom. The van der Waals surface area contributed by atoms with E-state index < -0.39 is 0 Å². The van der Waals surface area contributed by atoms with Crippen molar-refractivity contribution in [2.45, 2.75) is 37.8 Å². The van der Waals surface area contributed by atoms with Crippen LogP contribution in [0.25, 0.3) is 0 Å². The predicted octanol–water partition coefficient (Wildman–Crippen LogP) is 0.834. The Morgan fingerprint density at radius 3 is 2.50 bits per heavy atom. The minimum atomic E-state index is 0.458. The zero-order chi connectivity index (χ0) is 9.97. The van der Waals surface area contributed by atoms with Crippen molar-refractivity contribution in [2.75, 3.05) is 26.7 Å².